The zero-order valence-electron chi connectivity index (χ0n) is 24.6. The molecule has 0 radical (unpaired) electrons. The number of rotatable bonds is 10. The Balaban J connectivity index is 1.30. The summed E-state index contributed by atoms with van der Waals surface area (Å²) in [7, 11) is 0. The summed E-state index contributed by atoms with van der Waals surface area (Å²) in [6.45, 7) is 1.92. The van der Waals surface area contributed by atoms with E-state index in [0.717, 1.165) is 4.90 Å². The van der Waals surface area contributed by atoms with Crippen molar-refractivity contribution in [2.45, 2.75) is 23.5 Å². The smallest absolute Gasteiger partial charge is 0.338 e. The number of nitrogens with one attached hydrogen (secondary N) is 2. The first-order valence-electron chi connectivity index (χ1n) is 14.3. The van der Waals surface area contributed by atoms with Crippen molar-refractivity contribution in [3.05, 3.63) is 131 Å². The number of anilines is 2. The van der Waals surface area contributed by atoms with Gasteiger partial charge in [0.25, 0.3) is 11.8 Å². The summed E-state index contributed by atoms with van der Waals surface area (Å²) in [5.41, 5.74) is 1.24. The molecule has 1 aliphatic heterocycles. The molecule has 4 aromatic rings. The number of hydrogen-bond acceptors (Lipinski definition) is 7. The molecule has 46 heavy (non-hydrogen) atoms. The third-order valence-corrected chi connectivity index (χ3v) is 8.02. The molecule has 0 bridgehead atoms. The molecular formula is C35H28FN3O6S. The second kappa shape index (κ2) is 14.5. The lowest BCUT2D eigenvalue weighted by molar-refractivity contribution is -0.121. The molecule has 0 spiro atoms. The van der Waals surface area contributed by atoms with E-state index >= 15 is 0 Å². The van der Waals surface area contributed by atoms with Crippen molar-refractivity contribution < 1.29 is 33.1 Å². The molecule has 0 aromatic heterocycles. The van der Waals surface area contributed by atoms with Gasteiger partial charge in [-0.1, -0.05) is 42.5 Å². The monoisotopic (exact) mass is 637 g/mol. The van der Waals surface area contributed by atoms with Gasteiger partial charge in [0.05, 0.1) is 23.1 Å². The first kappa shape index (κ1) is 31.9. The van der Waals surface area contributed by atoms with Crippen LogP contribution in [0.1, 0.15) is 39.6 Å². The summed E-state index contributed by atoms with van der Waals surface area (Å²) < 4.78 is 19.4. The first-order valence-corrected chi connectivity index (χ1v) is 15.2. The number of carbonyl (C=O) groups is 5. The summed E-state index contributed by atoms with van der Waals surface area (Å²) in [6, 6.07) is 26.9. The van der Waals surface area contributed by atoms with Crippen LogP contribution < -0.4 is 15.5 Å². The van der Waals surface area contributed by atoms with Crippen LogP contribution in [0, 0.1) is 5.82 Å². The van der Waals surface area contributed by atoms with E-state index in [-0.39, 0.29) is 30.2 Å². The number of benzene rings is 4. The van der Waals surface area contributed by atoms with Gasteiger partial charge in [-0.15, -0.1) is 11.8 Å². The zero-order valence-corrected chi connectivity index (χ0v) is 25.4. The van der Waals surface area contributed by atoms with Crippen LogP contribution >= 0.6 is 11.8 Å². The molecule has 11 heteroatoms. The van der Waals surface area contributed by atoms with Gasteiger partial charge >= 0.3 is 5.97 Å². The SMILES string of the molecule is CCOC(=O)c1ccc(N2C(=O)CC(Sc3cccc(NC(=O)/C(=C/c4ccccc4F)NC(=O)c4ccccc4)c3)C2=O)cc1. The van der Waals surface area contributed by atoms with Crippen molar-refractivity contribution in [2.75, 3.05) is 16.8 Å². The maximum atomic E-state index is 14.5. The molecule has 1 fully saturated rings. The number of hydrogen-bond donors (Lipinski definition) is 2. The van der Waals surface area contributed by atoms with Crippen LogP contribution in [0.2, 0.25) is 0 Å². The highest BCUT2D eigenvalue weighted by atomic mass is 32.2. The van der Waals surface area contributed by atoms with Crippen molar-refractivity contribution in [3.8, 4) is 0 Å². The van der Waals surface area contributed by atoms with Crippen molar-refractivity contribution in [1.29, 1.82) is 0 Å². The number of amides is 4. The van der Waals surface area contributed by atoms with Gasteiger partial charge in [0, 0.05) is 28.1 Å². The topological polar surface area (TPSA) is 122 Å². The Labute approximate surface area is 268 Å². The third-order valence-electron chi connectivity index (χ3n) is 6.85. The molecule has 9 nitrogen and oxygen atoms in total. The maximum Gasteiger partial charge on any atom is 0.338 e. The van der Waals surface area contributed by atoms with Crippen LogP contribution in [0.3, 0.4) is 0 Å². The Morgan fingerprint density at radius 2 is 1.63 bits per heavy atom. The Kier molecular flexibility index (Phi) is 10.0. The van der Waals surface area contributed by atoms with E-state index in [1.165, 1.54) is 60.3 Å². The number of ether oxygens (including phenoxy) is 1. The van der Waals surface area contributed by atoms with Gasteiger partial charge in [-0.05, 0) is 73.7 Å². The number of carbonyl (C=O) groups excluding carboxylic acids is 5. The molecule has 0 saturated carbocycles. The van der Waals surface area contributed by atoms with Crippen molar-refractivity contribution in [3.63, 3.8) is 0 Å². The molecule has 2 N–H and O–H groups in total. The van der Waals surface area contributed by atoms with Crippen molar-refractivity contribution >= 4 is 58.8 Å². The summed E-state index contributed by atoms with van der Waals surface area (Å²) >= 11 is 1.17. The molecule has 1 unspecified atom stereocenters. The second-order valence-corrected chi connectivity index (χ2v) is 11.3. The molecule has 0 aliphatic carbocycles. The maximum absolute atomic E-state index is 14.5. The number of thioether (sulfide) groups is 1. The van der Waals surface area contributed by atoms with Gasteiger partial charge in [-0.2, -0.15) is 0 Å². The molecule has 4 amide bonds. The van der Waals surface area contributed by atoms with Gasteiger partial charge in [0.15, 0.2) is 0 Å². The third kappa shape index (κ3) is 7.56. The molecule has 232 valence electrons. The molecule has 1 saturated heterocycles. The van der Waals surface area contributed by atoms with E-state index in [1.807, 2.05) is 0 Å². The van der Waals surface area contributed by atoms with Gasteiger partial charge in [0.2, 0.25) is 11.8 Å². The van der Waals surface area contributed by atoms with E-state index in [1.54, 1.807) is 67.6 Å². The normalized spacial score (nSPS) is 14.6. The molecule has 5 rings (SSSR count). The number of halogens is 1. The van der Waals surface area contributed by atoms with Crippen LogP contribution in [0.4, 0.5) is 15.8 Å². The van der Waals surface area contributed by atoms with Gasteiger partial charge in [0.1, 0.15) is 11.5 Å². The predicted molar refractivity (Wildman–Crippen MR) is 173 cm³/mol. The number of esters is 1. The minimum Gasteiger partial charge on any atom is -0.462 e. The second-order valence-electron chi connectivity index (χ2n) is 10.0. The lowest BCUT2D eigenvalue weighted by Gasteiger charge is -2.16. The summed E-state index contributed by atoms with van der Waals surface area (Å²) in [4.78, 5) is 66.0. The zero-order chi connectivity index (χ0) is 32.6. The van der Waals surface area contributed by atoms with E-state index in [2.05, 4.69) is 10.6 Å². The molecular weight excluding hydrogens is 609 g/mol. The van der Waals surface area contributed by atoms with Crippen LogP contribution in [-0.4, -0.2) is 41.5 Å². The van der Waals surface area contributed by atoms with Crippen LogP contribution in [0.25, 0.3) is 6.08 Å². The van der Waals surface area contributed by atoms with Gasteiger partial charge in [-0.25, -0.2) is 14.1 Å². The van der Waals surface area contributed by atoms with Crippen molar-refractivity contribution in [1.82, 2.24) is 5.32 Å². The molecule has 4 aromatic carbocycles. The average molecular weight is 638 g/mol. The Bertz CT molecular complexity index is 1830. The van der Waals surface area contributed by atoms with Crippen LogP contribution in [-0.2, 0) is 19.1 Å². The highest BCUT2D eigenvalue weighted by Gasteiger charge is 2.40. The minimum atomic E-state index is -0.718. The molecule has 1 aliphatic rings. The average Bonchev–Trinajstić information content (AvgIpc) is 3.34. The number of nitrogens with zero attached hydrogens (tertiary/aromatic N) is 1. The van der Waals surface area contributed by atoms with Gasteiger partial charge < -0.3 is 15.4 Å². The van der Waals surface area contributed by atoms with Crippen LogP contribution in [0.15, 0.2) is 114 Å². The Morgan fingerprint density at radius 3 is 2.35 bits per heavy atom. The highest BCUT2D eigenvalue weighted by molar-refractivity contribution is 8.00. The lowest BCUT2D eigenvalue weighted by atomic mass is 10.1. The highest BCUT2D eigenvalue weighted by Crippen LogP contribution is 2.35. The summed E-state index contributed by atoms with van der Waals surface area (Å²) in [5.74, 6) is -3.10. The fraction of sp³-hybridized carbons (Fsp3) is 0.114. The molecule has 1 atom stereocenters. The Morgan fingerprint density at radius 1 is 0.913 bits per heavy atom. The minimum absolute atomic E-state index is 0.0409. The fourth-order valence-corrected chi connectivity index (χ4v) is 5.74. The lowest BCUT2D eigenvalue weighted by Crippen LogP contribution is -2.31. The Hall–Kier alpha value is -5.55. The first-order chi connectivity index (χ1) is 22.2. The standard InChI is InChI=1S/C35H28FN3O6S/c1-2-45-35(44)23-15-17-26(18-16-23)39-31(40)21-30(34(39)43)46-27-13-8-12-25(20-27)37-33(42)29(19-24-11-6-7-14-28(24)36)38-32(41)22-9-4-3-5-10-22/h3-20,30H,2,21H2,1H3,(H,37,42)(H,38,41)/b29-19-. The van der Waals surface area contributed by atoms with E-state index in [4.69, 9.17) is 4.74 Å². The van der Waals surface area contributed by atoms with Crippen LogP contribution in [0.5, 0.6) is 0 Å². The summed E-state index contributed by atoms with van der Waals surface area (Å²) in [5, 5.41) is 4.58. The fourth-order valence-electron chi connectivity index (χ4n) is 4.63. The molecule has 1 heterocycles. The van der Waals surface area contributed by atoms with Gasteiger partial charge in [-0.3, -0.25) is 19.2 Å². The number of imide groups is 1. The predicted octanol–water partition coefficient (Wildman–Crippen LogP) is 5.84. The summed E-state index contributed by atoms with van der Waals surface area (Å²) in [6.07, 6.45) is 1.21. The van der Waals surface area contributed by atoms with E-state index in [9.17, 15) is 28.4 Å². The van der Waals surface area contributed by atoms with E-state index in [0.29, 0.717) is 27.4 Å². The quantitative estimate of drug-likeness (QED) is 0.127. The van der Waals surface area contributed by atoms with E-state index < -0.39 is 34.8 Å². The van der Waals surface area contributed by atoms with Crippen molar-refractivity contribution in [2.24, 2.45) is 0 Å². The largest absolute Gasteiger partial charge is 0.462 e.